The van der Waals surface area contributed by atoms with Crippen LogP contribution in [0.3, 0.4) is 0 Å². The minimum atomic E-state index is -1.44. The molecule has 0 aliphatic carbocycles. The third-order valence-electron chi connectivity index (χ3n) is 8.25. The molecular formula is C35H43I6N5O13. The van der Waals surface area contributed by atoms with Gasteiger partial charge >= 0.3 is 0 Å². The number of aliphatic hydroxyl groups is 7. The van der Waals surface area contributed by atoms with Crippen LogP contribution in [0.4, 0.5) is 11.4 Å². The fourth-order valence-electron chi connectivity index (χ4n) is 5.23. The molecule has 2 rings (SSSR count). The molecular weight excluding hydrogens is 1460 g/mol. The van der Waals surface area contributed by atoms with Gasteiger partial charge in [-0.05, 0) is 155 Å². The minimum absolute atomic E-state index is 0.00985. The van der Waals surface area contributed by atoms with Crippen molar-refractivity contribution in [3.63, 3.8) is 0 Å². The quantitative estimate of drug-likeness (QED) is 0.0455. The standard InChI is InChI=1S/C35H43I6N5O13/c1-14(50)45-31-27(38)22(26(37)23(28(31)39)35(59)44-9-19(55)13-49)34(58)43-8-18(54)10-46(15(2)51)32-29(40)21(20(56)6-5-17(53)12-48)25(36)24(30(32)41)33(57)42-7-3-4-16(52)11-47/h16-19,47-49,52-55H,3-13H2,1-2H3,(H,42,57)(H,43,58)(H,44,59)(H,45,50). The fraction of sp³-hybridized carbons (Fsp3) is 0.486. The van der Waals surface area contributed by atoms with E-state index in [0.717, 1.165) is 0 Å². The van der Waals surface area contributed by atoms with Crippen molar-refractivity contribution >= 4 is 182 Å². The van der Waals surface area contributed by atoms with Gasteiger partial charge in [0.25, 0.3) is 17.7 Å². The highest BCUT2D eigenvalue weighted by molar-refractivity contribution is 14.1. The van der Waals surface area contributed by atoms with E-state index in [-0.39, 0.29) is 83.8 Å². The summed E-state index contributed by atoms with van der Waals surface area (Å²) >= 11 is 11.1. The first-order valence-corrected chi connectivity index (χ1v) is 24.0. The van der Waals surface area contributed by atoms with Gasteiger partial charge in [0.2, 0.25) is 11.8 Å². The number of benzene rings is 2. The molecule has 0 aliphatic rings. The number of halogens is 6. The predicted octanol–water partition coefficient (Wildman–Crippen LogP) is 1.68. The summed E-state index contributed by atoms with van der Waals surface area (Å²) < 4.78 is 1.53. The lowest BCUT2D eigenvalue weighted by molar-refractivity contribution is -0.117. The molecule has 4 atom stereocenters. The summed E-state index contributed by atoms with van der Waals surface area (Å²) in [5.74, 6) is -3.61. The van der Waals surface area contributed by atoms with Crippen molar-refractivity contribution in [3.05, 3.63) is 43.7 Å². The zero-order valence-electron chi connectivity index (χ0n) is 31.4. The first-order valence-electron chi connectivity index (χ1n) is 17.5. The number of carbonyl (C=O) groups excluding carboxylic acids is 6. The number of amides is 5. The molecule has 0 heterocycles. The Kier molecular flexibility index (Phi) is 24.4. The maximum Gasteiger partial charge on any atom is 0.253 e. The van der Waals surface area contributed by atoms with Gasteiger partial charge in [-0.15, -0.1) is 0 Å². The van der Waals surface area contributed by atoms with Gasteiger partial charge in [0.1, 0.15) is 0 Å². The van der Waals surface area contributed by atoms with E-state index < -0.39 is 92.6 Å². The molecule has 11 N–H and O–H groups in total. The topological polar surface area (TPSA) is 295 Å². The number of nitrogens with one attached hydrogen (secondary N) is 4. The molecule has 59 heavy (non-hydrogen) atoms. The second-order valence-corrected chi connectivity index (χ2v) is 19.3. The summed E-state index contributed by atoms with van der Waals surface area (Å²) in [4.78, 5) is 81.1. The van der Waals surface area contributed by atoms with E-state index in [0.29, 0.717) is 9.99 Å². The first kappa shape index (κ1) is 54.7. The molecule has 2 aromatic carbocycles. The summed E-state index contributed by atoms with van der Waals surface area (Å²) in [6.07, 6.45) is -4.61. The lowest BCUT2D eigenvalue weighted by atomic mass is 10.00. The lowest BCUT2D eigenvalue weighted by Crippen LogP contribution is -2.43. The monoisotopic (exact) mass is 1500 g/mol. The number of carbonyl (C=O) groups is 6. The van der Waals surface area contributed by atoms with E-state index in [1.54, 1.807) is 22.6 Å². The van der Waals surface area contributed by atoms with Crippen LogP contribution >= 0.6 is 136 Å². The molecule has 0 saturated heterocycles. The highest BCUT2D eigenvalue weighted by Gasteiger charge is 2.33. The van der Waals surface area contributed by atoms with Gasteiger partial charge in [0.15, 0.2) is 5.78 Å². The van der Waals surface area contributed by atoms with Gasteiger partial charge in [-0.2, -0.15) is 0 Å². The Morgan fingerprint density at radius 3 is 1.51 bits per heavy atom. The summed E-state index contributed by atoms with van der Waals surface area (Å²) in [7, 11) is 0. The molecule has 4 unspecified atom stereocenters. The Bertz CT molecular complexity index is 1910. The maximum absolute atomic E-state index is 13.8. The number of Topliss-reactive ketones (excluding diaryl/α,β-unsaturated/α-hetero) is 1. The molecule has 0 aromatic heterocycles. The van der Waals surface area contributed by atoms with Crippen LogP contribution < -0.4 is 26.2 Å². The number of hydrogen-bond donors (Lipinski definition) is 11. The van der Waals surface area contributed by atoms with Crippen LogP contribution in [-0.4, -0.2) is 141 Å². The number of nitrogens with zero attached hydrogens (tertiary/aromatic N) is 1. The van der Waals surface area contributed by atoms with Crippen molar-refractivity contribution < 1.29 is 64.5 Å². The van der Waals surface area contributed by atoms with E-state index in [4.69, 9.17) is 5.11 Å². The van der Waals surface area contributed by atoms with E-state index in [1.165, 1.54) is 18.7 Å². The van der Waals surface area contributed by atoms with Crippen molar-refractivity contribution in [1.82, 2.24) is 16.0 Å². The zero-order chi connectivity index (χ0) is 44.9. The Morgan fingerprint density at radius 1 is 0.576 bits per heavy atom. The van der Waals surface area contributed by atoms with E-state index in [2.05, 4.69) is 21.3 Å². The zero-order valence-corrected chi connectivity index (χ0v) is 44.3. The highest BCUT2D eigenvalue weighted by Crippen LogP contribution is 2.39. The summed E-state index contributed by atoms with van der Waals surface area (Å²) in [6, 6.07) is 0. The molecule has 0 bridgehead atoms. The average Bonchev–Trinajstić information content (AvgIpc) is 3.17. The number of ketones is 1. The molecule has 0 spiro atoms. The Balaban J connectivity index is 2.58. The predicted molar refractivity (Wildman–Crippen MR) is 267 cm³/mol. The van der Waals surface area contributed by atoms with E-state index in [9.17, 15) is 59.4 Å². The number of hydrogen-bond acceptors (Lipinski definition) is 13. The van der Waals surface area contributed by atoms with Crippen molar-refractivity contribution in [1.29, 1.82) is 0 Å². The van der Waals surface area contributed by atoms with Crippen LogP contribution in [0.5, 0.6) is 0 Å². The second-order valence-electron chi connectivity index (χ2n) is 12.9. The van der Waals surface area contributed by atoms with Crippen molar-refractivity contribution in [2.24, 2.45) is 0 Å². The SMILES string of the molecule is CC(=O)Nc1c(I)c(C(=O)NCC(O)CO)c(I)c(C(=O)NCC(O)CN(C(C)=O)c2c(I)c(C(=O)CCC(O)CO)c(I)c(C(=O)NCCCC(O)CO)c2I)c1I. The van der Waals surface area contributed by atoms with Crippen LogP contribution in [0.25, 0.3) is 0 Å². The number of anilines is 2. The van der Waals surface area contributed by atoms with Gasteiger partial charge in [-0.25, -0.2) is 0 Å². The summed E-state index contributed by atoms with van der Waals surface area (Å²) in [6.45, 7) is -0.225. The molecule has 328 valence electrons. The normalized spacial score (nSPS) is 13.2. The van der Waals surface area contributed by atoms with Gasteiger partial charge in [-0.1, -0.05) is 0 Å². The third-order valence-corrected chi connectivity index (χ3v) is 14.7. The minimum Gasteiger partial charge on any atom is -0.394 e. The molecule has 0 saturated carbocycles. The molecule has 2 aromatic rings. The van der Waals surface area contributed by atoms with E-state index >= 15 is 0 Å². The van der Waals surface area contributed by atoms with Crippen LogP contribution in [0.1, 0.15) is 81.0 Å². The Labute approximate surface area is 421 Å². The van der Waals surface area contributed by atoms with Gasteiger partial charge in [-0.3, -0.25) is 28.8 Å². The molecule has 0 radical (unpaired) electrons. The van der Waals surface area contributed by atoms with Crippen LogP contribution in [-0.2, 0) is 9.59 Å². The number of aliphatic hydroxyl groups excluding tert-OH is 7. The fourth-order valence-corrected chi connectivity index (χ4v) is 14.5. The van der Waals surface area contributed by atoms with Gasteiger partial charge in [0.05, 0.1) is 89.6 Å². The van der Waals surface area contributed by atoms with Gasteiger partial charge < -0.3 is 61.9 Å². The summed E-state index contributed by atoms with van der Waals surface area (Å²) in [5.41, 5.74) is 0.410. The molecule has 18 nitrogen and oxygen atoms in total. The van der Waals surface area contributed by atoms with Crippen LogP contribution in [0, 0.1) is 21.4 Å². The third kappa shape index (κ3) is 15.4. The Hall–Kier alpha value is -0.440. The van der Waals surface area contributed by atoms with Crippen molar-refractivity contribution in [2.75, 3.05) is 56.2 Å². The smallest absolute Gasteiger partial charge is 0.253 e. The first-order chi connectivity index (χ1) is 27.6. The molecule has 5 amide bonds. The second kappa shape index (κ2) is 26.4. The van der Waals surface area contributed by atoms with Crippen LogP contribution in [0.15, 0.2) is 0 Å². The summed E-state index contributed by atoms with van der Waals surface area (Å²) in [5, 5.41) is 78.8. The maximum atomic E-state index is 13.8. The molecule has 0 aliphatic heterocycles. The highest BCUT2D eigenvalue weighted by atomic mass is 127. The average molecular weight is 1500 g/mol. The lowest BCUT2D eigenvalue weighted by Gasteiger charge is -2.29. The Morgan fingerprint density at radius 2 is 1.02 bits per heavy atom. The molecule has 0 fully saturated rings. The van der Waals surface area contributed by atoms with Crippen molar-refractivity contribution in [3.8, 4) is 0 Å². The molecule has 24 heteroatoms. The number of rotatable bonds is 22. The van der Waals surface area contributed by atoms with Crippen LogP contribution in [0.2, 0.25) is 0 Å². The van der Waals surface area contributed by atoms with E-state index in [1.807, 2.05) is 113 Å². The van der Waals surface area contributed by atoms with Gasteiger partial charge in [0, 0.05) is 56.2 Å². The van der Waals surface area contributed by atoms with Crippen molar-refractivity contribution in [2.45, 2.75) is 63.9 Å². The largest absolute Gasteiger partial charge is 0.394 e.